The summed E-state index contributed by atoms with van der Waals surface area (Å²) in [6.07, 6.45) is 1.01. The van der Waals surface area contributed by atoms with Gasteiger partial charge in [-0.15, -0.1) is 0 Å². The number of benzene rings is 2. The molecule has 0 aliphatic rings. The lowest BCUT2D eigenvalue weighted by atomic mass is 9.95. The lowest BCUT2D eigenvalue weighted by Gasteiger charge is -2.24. The quantitative estimate of drug-likeness (QED) is 0.462. The number of anilines is 1. The highest BCUT2D eigenvalue weighted by Crippen LogP contribution is 2.24. The van der Waals surface area contributed by atoms with E-state index in [9.17, 15) is 14.7 Å². The van der Waals surface area contributed by atoms with Crippen molar-refractivity contribution in [1.29, 1.82) is 0 Å². The second kappa shape index (κ2) is 11.4. The van der Waals surface area contributed by atoms with E-state index in [2.05, 4.69) is 10.3 Å². The van der Waals surface area contributed by atoms with Gasteiger partial charge in [0.1, 0.15) is 5.82 Å². The molecule has 1 aromatic heterocycles. The van der Waals surface area contributed by atoms with Crippen LogP contribution in [-0.2, 0) is 22.4 Å². The molecule has 2 aromatic carbocycles. The van der Waals surface area contributed by atoms with Crippen LogP contribution in [0.2, 0.25) is 0 Å². The van der Waals surface area contributed by atoms with Gasteiger partial charge in [-0.2, -0.15) is 0 Å². The number of aromatic nitrogens is 1. The number of ether oxygens (including phenoxy) is 1. The van der Waals surface area contributed by atoms with E-state index in [1.807, 2.05) is 66.7 Å². The number of rotatable bonds is 10. The predicted octanol–water partition coefficient (Wildman–Crippen LogP) is 4.56. The Balaban J connectivity index is 1.65. The van der Waals surface area contributed by atoms with Crippen LogP contribution in [0.1, 0.15) is 25.0 Å². The molecule has 1 heterocycles. The molecule has 1 unspecified atom stereocenters. The van der Waals surface area contributed by atoms with Crippen LogP contribution in [-0.4, -0.2) is 47.9 Å². The molecular formula is C27H31N3O4. The average Bonchev–Trinajstić information content (AvgIpc) is 2.85. The largest absolute Gasteiger partial charge is 0.479 e. The smallest absolute Gasteiger partial charge is 0.336 e. The Morgan fingerprint density at radius 2 is 1.71 bits per heavy atom. The molecule has 7 heteroatoms. The van der Waals surface area contributed by atoms with E-state index < -0.39 is 11.6 Å². The van der Waals surface area contributed by atoms with Crippen LogP contribution in [0.4, 0.5) is 10.6 Å². The maximum atomic E-state index is 12.6. The number of nitrogens with one attached hydrogen (secondary N) is 1. The summed E-state index contributed by atoms with van der Waals surface area (Å²) in [5.41, 5.74) is 2.34. The molecule has 2 N–H and O–H groups in total. The minimum Gasteiger partial charge on any atom is -0.479 e. The first kappa shape index (κ1) is 24.9. The maximum Gasteiger partial charge on any atom is 0.336 e. The lowest BCUT2D eigenvalue weighted by Crippen LogP contribution is -2.40. The van der Waals surface area contributed by atoms with Crippen LogP contribution in [0.25, 0.3) is 11.3 Å². The van der Waals surface area contributed by atoms with Crippen LogP contribution < -0.4 is 10.2 Å². The van der Waals surface area contributed by atoms with E-state index in [0.29, 0.717) is 19.0 Å². The highest BCUT2D eigenvalue weighted by Gasteiger charge is 2.33. The van der Waals surface area contributed by atoms with E-state index in [1.165, 1.54) is 10.5 Å². The van der Waals surface area contributed by atoms with Gasteiger partial charge in [0.2, 0.25) is 0 Å². The minimum absolute atomic E-state index is 0.222. The zero-order valence-corrected chi connectivity index (χ0v) is 19.8. The van der Waals surface area contributed by atoms with Gasteiger partial charge in [-0.25, -0.2) is 14.6 Å². The van der Waals surface area contributed by atoms with Crippen molar-refractivity contribution in [2.24, 2.45) is 0 Å². The number of hydrogen-bond acceptors (Lipinski definition) is 4. The molecule has 0 fully saturated rings. The van der Waals surface area contributed by atoms with Gasteiger partial charge in [-0.1, -0.05) is 60.7 Å². The fourth-order valence-electron chi connectivity index (χ4n) is 3.64. The number of urea groups is 1. The Kier molecular flexibility index (Phi) is 8.38. The highest BCUT2D eigenvalue weighted by atomic mass is 16.5. The third-order valence-corrected chi connectivity index (χ3v) is 5.62. The first-order valence-electron chi connectivity index (χ1n) is 11.3. The summed E-state index contributed by atoms with van der Waals surface area (Å²) in [5, 5.41) is 12.4. The van der Waals surface area contributed by atoms with Crippen LogP contribution in [0.15, 0.2) is 72.8 Å². The lowest BCUT2D eigenvalue weighted by molar-refractivity contribution is -0.162. The molecule has 0 aliphatic carbocycles. The number of nitrogens with zero attached hydrogens (tertiary/aromatic N) is 2. The van der Waals surface area contributed by atoms with Crippen LogP contribution in [0.3, 0.4) is 0 Å². The molecule has 0 radical (unpaired) electrons. The fourth-order valence-corrected chi connectivity index (χ4v) is 3.64. The van der Waals surface area contributed by atoms with Crippen LogP contribution in [0, 0.1) is 0 Å². The summed E-state index contributed by atoms with van der Waals surface area (Å²) in [6, 6.07) is 22.8. The molecule has 0 spiro atoms. The molecule has 0 saturated heterocycles. The predicted molar refractivity (Wildman–Crippen MR) is 133 cm³/mol. The van der Waals surface area contributed by atoms with Gasteiger partial charge in [0.05, 0.1) is 5.69 Å². The van der Waals surface area contributed by atoms with Crippen molar-refractivity contribution in [1.82, 2.24) is 10.3 Å². The highest BCUT2D eigenvalue weighted by molar-refractivity contribution is 5.90. The Hall–Kier alpha value is -3.71. The molecule has 0 bridgehead atoms. The Morgan fingerprint density at radius 3 is 2.35 bits per heavy atom. The molecule has 3 rings (SSSR count). The molecule has 3 aromatic rings. The summed E-state index contributed by atoms with van der Waals surface area (Å²) in [5.74, 6) is -0.452. The topological polar surface area (TPSA) is 91.8 Å². The van der Waals surface area contributed by atoms with Crippen molar-refractivity contribution in [2.75, 3.05) is 25.1 Å². The zero-order chi connectivity index (χ0) is 24.6. The normalized spacial score (nSPS) is 12.6. The molecular weight excluding hydrogens is 430 g/mol. The average molecular weight is 462 g/mol. The number of pyridine rings is 1. The molecule has 0 saturated carbocycles. The Labute approximate surface area is 200 Å². The van der Waals surface area contributed by atoms with Gasteiger partial charge in [0, 0.05) is 32.2 Å². The minimum atomic E-state index is -1.27. The second-order valence-electron chi connectivity index (χ2n) is 8.25. The number of carbonyl (C=O) groups is 2. The number of amides is 2. The zero-order valence-electron chi connectivity index (χ0n) is 19.8. The van der Waals surface area contributed by atoms with Gasteiger partial charge >= 0.3 is 12.0 Å². The monoisotopic (exact) mass is 461 g/mol. The Morgan fingerprint density at radius 1 is 1.00 bits per heavy atom. The van der Waals surface area contributed by atoms with E-state index in [4.69, 9.17) is 4.74 Å². The third kappa shape index (κ3) is 6.42. The molecule has 7 nitrogen and oxygen atoms in total. The molecule has 0 aliphatic heterocycles. The summed E-state index contributed by atoms with van der Waals surface area (Å²) in [7, 11) is 1.69. The van der Waals surface area contributed by atoms with Gasteiger partial charge in [0.25, 0.3) is 0 Å². The Bertz CT molecular complexity index is 1100. The first-order chi connectivity index (χ1) is 16.3. The van der Waals surface area contributed by atoms with Gasteiger partial charge in [-0.3, -0.25) is 4.90 Å². The van der Waals surface area contributed by atoms with E-state index in [1.54, 1.807) is 27.0 Å². The van der Waals surface area contributed by atoms with E-state index in [0.717, 1.165) is 23.2 Å². The molecule has 1 atom stereocenters. The van der Waals surface area contributed by atoms with Gasteiger partial charge in [0.15, 0.2) is 5.60 Å². The van der Waals surface area contributed by atoms with Crippen molar-refractivity contribution in [3.8, 4) is 11.3 Å². The summed E-state index contributed by atoms with van der Waals surface area (Å²) in [6.45, 7) is 4.22. The van der Waals surface area contributed by atoms with Gasteiger partial charge in [-0.05, 0) is 43.5 Å². The van der Waals surface area contributed by atoms with Crippen molar-refractivity contribution < 1.29 is 19.4 Å². The maximum absolute atomic E-state index is 12.6. The number of hydrogen-bond donors (Lipinski definition) is 2. The summed E-state index contributed by atoms with van der Waals surface area (Å²) >= 11 is 0. The van der Waals surface area contributed by atoms with Crippen molar-refractivity contribution >= 4 is 17.8 Å². The van der Waals surface area contributed by atoms with Crippen LogP contribution in [0.5, 0.6) is 0 Å². The fraction of sp³-hybridized carbons (Fsp3) is 0.296. The van der Waals surface area contributed by atoms with Crippen LogP contribution >= 0.6 is 0 Å². The van der Waals surface area contributed by atoms with Crippen molar-refractivity contribution in [2.45, 2.75) is 32.3 Å². The van der Waals surface area contributed by atoms with E-state index in [-0.39, 0.29) is 12.5 Å². The standard InChI is InChI=1S/C27H31N3O4/c1-4-34-27(2,25(31)32)19-21-13-15-22(16-14-21)23-11-8-12-24(29-23)30(3)26(33)28-18-17-20-9-6-5-7-10-20/h5-16H,4,17-19H2,1-3H3,(H,28,33)(H,31,32). The van der Waals surface area contributed by atoms with E-state index >= 15 is 0 Å². The summed E-state index contributed by atoms with van der Waals surface area (Å²) < 4.78 is 5.47. The van der Waals surface area contributed by atoms with Crippen molar-refractivity contribution in [3.63, 3.8) is 0 Å². The number of carboxylic acids is 1. The second-order valence-corrected chi connectivity index (χ2v) is 8.25. The SMILES string of the molecule is CCOC(C)(Cc1ccc(-c2cccc(N(C)C(=O)NCCc3ccccc3)n2)cc1)C(=O)O. The first-order valence-corrected chi connectivity index (χ1v) is 11.3. The molecule has 178 valence electrons. The van der Waals surface area contributed by atoms with Gasteiger partial charge < -0.3 is 15.2 Å². The van der Waals surface area contributed by atoms with Crippen molar-refractivity contribution in [3.05, 3.63) is 83.9 Å². The molecule has 2 amide bonds. The number of aliphatic carboxylic acids is 1. The molecule has 34 heavy (non-hydrogen) atoms. The summed E-state index contributed by atoms with van der Waals surface area (Å²) in [4.78, 5) is 30.3. The third-order valence-electron chi connectivity index (χ3n) is 5.62. The number of carboxylic acid groups (broad SMARTS) is 1. The number of carbonyl (C=O) groups excluding carboxylic acids is 1.